The molecule has 0 aromatic heterocycles. The van der Waals surface area contributed by atoms with Crippen LogP contribution in [0, 0.1) is 11.3 Å². The summed E-state index contributed by atoms with van der Waals surface area (Å²) >= 11 is 0. The fraction of sp³-hybridized carbons (Fsp3) is 0.818. The highest BCUT2D eigenvalue weighted by atomic mass is 16.4. The molecule has 0 aliphatic carbocycles. The molecule has 3 N–H and O–H groups in total. The van der Waals surface area contributed by atoms with Gasteiger partial charge in [0.25, 0.3) is 0 Å². The number of carbonyl (C=O) groups is 2. The second-order valence-electron chi connectivity index (χ2n) is 5.18. The molecule has 0 heterocycles. The lowest BCUT2D eigenvalue weighted by molar-refractivity contribution is -0.138. The van der Waals surface area contributed by atoms with E-state index in [9.17, 15) is 9.59 Å². The third-order valence-corrected chi connectivity index (χ3v) is 2.77. The summed E-state index contributed by atoms with van der Waals surface area (Å²) in [6, 6.07) is -1.31. The zero-order valence-corrected chi connectivity index (χ0v) is 10.6. The minimum atomic E-state index is -1.04. The molecule has 0 saturated carbocycles. The van der Waals surface area contributed by atoms with E-state index in [2.05, 4.69) is 31.4 Å². The Balaban J connectivity index is 3.95. The first-order valence-electron chi connectivity index (χ1n) is 5.41. The van der Waals surface area contributed by atoms with Crippen molar-refractivity contribution in [2.45, 2.75) is 40.7 Å². The molecule has 0 aromatic carbocycles. The van der Waals surface area contributed by atoms with E-state index in [0.29, 0.717) is 12.5 Å². The topological polar surface area (TPSA) is 78.4 Å². The van der Waals surface area contributed by atoms with Crippen LogP contribution in [0.1, 0.15) is 34.6 Å². The quantitative estimate of drug-likeness (QED) is 0.683. The number of hydrogen-bond acceptors (Lipinski definition) is 2. The van der Waals surface area contributed by atoms with Gasteiger partial charge in [0.1, 0.15) is 6.04 Å². The van der Waals surface area contributed by atoms with E-state index < -0.39 is 18.0 Å². The van der Waals surface area contributed by atoms with E-state index in [1.807, 2.05) is 6.92 Å². The Kier molecular flexibility index (Phi) is 5.27. The predicted molar refractivity (Wildman–Crippen MR) is 62.3 cm³/mol. The van der Waals surface area contributed by atoms with Gasteiger partial charge in [-0.25, -0.2) is 4.79 Å². The number of rotatable bonds is 4. The Morgan fingerprint density at radius 1 is 1.25 bits per heavy atom. The molecule has 0 radical (unpaired) electrons. The molecule has 0 spiro atoms. The molecule has 0 aliphatic rings. The molecule has 0 bridgehead atoms. The molecular formula is C11H22N2O3. The van der Waals surface area contributed by atoms with Crippen LogP contribution in [0.2, 0.25) is 0 Å². The molecule has 2 amide bonds. The maximum Gasteiger partial charge on any atom is 0.325 e. The van der Waals surface area contributed by atoms with E-state index in [1.165, 1.54) is 6.92 Å². The van der Waals surface area contributed by atoms with E-state index in [1.54, 1.807) is 0 Å². The van der Waals surface area contributed by atoms with Crippen molar-refractivity contribution < 1.29 is 14.7 Å². The molecule has 0 saturated heterocycles. The number of carboxylic acids is 1. The molecule has 5 nitrogen and oxygen atoms in total. The standard InChI is InChI=1S/C11H22N2O3/c1-7(11(3,4)5)6-12-10(16)13-8(2)9(14)15/h7-8H,6H2,1-5H3,(H,14,15)(H2,12,13,16)/t7?,8-/m1/s1. The van der Waals surface area contributed by atoms with Gasteiger partial charge in [0.2, 0.25) is 0 Å². The van der Waals surface area contributed by atoms with Gasteiger partial charge in [-0.1, -0.05) is 27.7 Å². The number of urea groups is 1. The number of nitrogens with one attached hydrogen (secondary N) is 2. The summed E-state index contributed by atoms with van der Waals surface area (Å²) in [5.74, 6) is -0.725. The minimum Gasteiger partial charge on any atom is -0.480 e. The van der Waals surface area contributed by atoms with Crippen LogP contribution in [0.3, 0.4) is 0 Å². The van der Waals surface area contributed by atoms with Crippen LogP contribution >= 0.6 is 0 Å². The molecule has 0 aliphatic heterocycles. The Labute approximate surface area is 96.6 Å². The summed E-state index contributed by atoms with van der Waals surface area (Å²) in [7, 11) is 0. The van der Waals surface area contributed by atoms with Crippen molar-refractivity contribution >= 4 is 12.0 Å². The van der Waals surface area contributed by atoms with Gasteiger partial charge in [0.05, 0.1) is 0 Å². The summed E-state index contributed by atoms with van der Waals surface area (Å²) in [5.41, 5.74) is 0.117. The first-order chi connectivity index (χ1) is 7.14. The minimum absolute atomic E-state index is 0.117. The van der Waals surface area contributed by atoms with E-state index in [4.69, 9.17) is 5.11 Å². The van der Waals surface area contributed by atoms with Gasteiger partial charge in [0.15, 0.2) is 0 Å². The Morgan fingerprint density at radius 3 is 2.12 bits per heavy atom. The lowest BCUT2D eigenvalue weighted by atomic mass is 9.82. The molecule has 16 heavy (non-hydrogen) atoms. The Bertz CT molecular complexity index is 258. The van der Waals surface area contributed by atoms with Gasteiger partial charge in [-0.05, 0) is 18.3 Å². The average Bonchev–Trinajstić information content (AvgIpc) is 2.12. The number of amides is 2. The molecular weight excluding hydrogens is 208 g/mol. The first-order valence-corrected chi connectivity index (χ1v) is 5.41. The molecule has 94 valence electrons. The summed E-state index contributed by atoms with van der Waals surface area (Å²) in [5, 5.41) is 13.6. The number of hydrogen-bond donors (Lipinski definition) is 3. The molecule has 2 atom stereocenters. The zero-order chi connectivity index (χ0) is 12.9. The van der Waals surface area contributed by atoms with Crippen LogP contribution in [0.15, 0.2) is 0 Å². The third kappa shape index (κ3) is 5.58. The van der Waals surface area contributed by atoms with Crippen LogP contribution in [0.25, 0.3) is 0 Å². The van der Waals surface area contributed by atoms with Gasteiger partial charge >= 0.3 is 12.0 Å². The van der Waals surface area contributed by atoms with Crippen LogP contribution in [-0.2, 0) is 4.79 Å². The second kappa shape index (κ2) is 5.72. The highest BCUT2D eigenvalue weighted by molar-refractivity contribution is 5.82. The molecule has 0 aromatic rings. The van der Waals surface area contributed by atoms with Crippen LogP contribution in [-0.4, -0.2) is 29.7 Å². The van der Waals surface area contributed by atoms with E-state index >= 15 is 0 Å². The summed E-state index contributed by atoms with van der Waals surface area (Å²) in [6.07, 6.45) is 0. The lowest BCUT2D eigenvalue weighted by Crippen LogP contribution is -2.46. The van der Waals surface area contributed by atoms with Crippen molar-refractivity contribution in [3.63, 3.8) is 0 Å². The number of carboxylic acid groups (broad SMARTS) is 1. The molecule has 5 heteroatoms. The summed E-state index contributed by atoms with van der Waals surface area (Å²) in [4.78, 5) is 21.8. The molecule has 0 rings (SSSR count). The first kappa shape index (κ1) is 14.7. The third-order valence-electron chi connectivity index (χ3n) is 2.77. The highest BCUT2D eigenvalue weighted by Gasteiger charge is 2.21. The van der Waals surface area contributed by atoms with Gasteiger partial charge < -0.3 is 15.7 Å². The second-order valence-corrected chi connectivity index (χ2v) is 5.18. The highest BCUT2D eigenvalue weighted by Crippen LogP contribution is 2.24. The molecule has 0 fully saturated rings. The largest absolute Gasteiger partial charge is 0.480 e. The van der Waals surface area contributed by atoms with Gasteiger partial charge in [-0.3, -0.25) is 4.79 Å². The number of carbonyl (C=O) groups excluding carboxylic acids is 1. The summed E-state index contributed by atoms with van der Waals surface area (Å²) in [6.45, 7) is 10.3. The zero-order valence-electron chi connectivity index (χ0n) is 10.6. The van der Waals surface area contributed by atoms with Crippen LogP contribution in [0.4, 0.5) is 4.79 Å². The van der Waals surface area contributed by atoms with Crippen molar-refractivity contribution in [2.75, 3.05) is 6.54 Å². The molecule has 1 unspecified atom stereocenters. The van der Waals surface area contributed by atoms with E-state index in [-0.39, 0.29) is 5.41 Å². The van der Waals surface area contributed by atoms with Crippen molar-refractivity contribution in [3.05, 3.63) is 0 Å². The van der Waals surface area contributed by atoms with E-state index in [0.717, 1.165) is 0 Å². The maximum absolute atomic E-state index is 11.3. The SMILES string of the molecule is CC(CNC(=O)N[C@H](C)C(=O)O)C(C)(C)C. The fourth-order valence-electron chi connectivity index (χ4n) is 0.861. The predicted octanol–water partition coefficient (Wildman–Crippen LogP) is 1.44. The van der Waals surface area contributed by atoms with Crippen molar-refractivity contribution in [2.24, 2.45) is 11.3 Å². The Hall–Kier alpha value is -1.26. The van der Waals surface area contributed by atoms with Gasteiger partial charge in [-0.15, -0.1) is 0 Å². The maximum atomic E-state index is 11.3. The normalized spacial score (nSPS) is 15.1. The van der Waals surface area contributed by atoms with Crippen LogP contribution < -0.4 is 10.6 Å². The van der Waals surface area contributed by atoms with Crippen LogP contribution in [0.5, 0.6) is 0 Å². The number of aliphatic carboxylic acids is 1. The summed E-state index contributed by atoms with van der Waals surface area (Å²) < 4.78 is 0. The average molecular weight is 230 g/mol. The monoisotopic (exact) mass is 230 g/mol. The van der Waals surface area contributed by atoms with Gasteiger partial charge in [0, 0.05) is 6.54 Å². The smallest absolute Gasteiger partial charge is 0.325 e. The Morgan fingerprint density at radius 2 is 1.75 bits per heavy atom. The fourth-order valence-corrected chi connectivity index (χ4v) is 0.861. The lowest BCUT2D eigenvalue weighted by Gasteiger charge is -2.27. The van der Waals surface area contributed by atoms with Gasteiger partial charge in [-0.2, -0.15) is 0 Å². The van der Waals surface area contributed by atoms with Crippen molar-refractivity contribution in [1.82, 2.24) is 10.6 Å². The van der Waals surface area contributed by atoms with Crippen molar-refractivity contribution in [3.8, 4) is 0 Å². The van der Waals surface area contributed by atoms with Crippen molar-refractivity contribution in [1.29, 1.82) is 0 Å².